The average molecular weight is 396 g/mol. The van der Waals surface area contributed by atoms with Crippen molar-refractivity contribution in [3.05, 3.63) is 57.6 Å². The highest BCUT2D eigenvalue weighted by atomic mass is 35.5. The number of hydrogen-bond donors (Lipinski definition) is 1. The van der Waals surface area contributed by atoms with Crippen LogP contribution in [0.25, 0.3) is 0 Å². The SMILES string of the molecule is CCOc1cc(CNC(C)(C)CC)c(Cl)cc1OCc1ccccc1Cl. The van der Waals surface area contributed by atoms with Gasteiger partial charge < -0.3 is 14.8 Å². The molecule has 5 heteroatoms. The van der Waals surface area contributed by atoms with E-state index in [2.05, 4.69) is 26.1 Å². The van der Waals surface area contributed by atoms with Gasteiger partial charge >= 0.3 is 0 Å². The van der Waals surface area contributed by atoms with Crippen LogP contribution in [0.2, 0.25) is 10.0 Å². The van der Waals surface area contributed by atoms with Crippen LogP contribution in [0.15, 0.2) is 36.4 Å². The molecule has 0 spiro atoms. The van der Waals surface area contributed by atoms with Gasteiger partial charge in [0, 0.05) is 33.8 Å². The standard InChI is InChI=1S/C21H27Cl2NO2/c1-5-21(3,4)24-13-16-11-19(25-6-2)20(12-18(16)23)26-14-15-9-7-8-10-17(15)22/h7-12,24H,5-6,13-14H2,1-4H3. The molecule has 2 aromatic carbocycles. The molecule has 1 N–H and O–H groups in total. The third-order valence-corrected chi connectivity index (χ3v) is 5.12. The molecule has 0 aliphatic rings. The van der Waals surface area contributed by atoms with Gasteiger partial charge in [0.1, 0.15) is 6.61 Å². The molecule has 0 saturated heterocycles. The van der Waals surface area contributed by atoms with Gasteiger partial charge in [-0.05, 0) is 44.9 Å². The van der Waals surface area contributed by atoms with Gasteiger partial charge in [0.05, 0.1) is 6.61 Å². The van der Waals surface area contributed by atoms with Gasteiger partial charge in [-0.15, -0.1) is 0 Å². The fourth-order valence-electron chi connectivity index (χ4n) is 2.32. The second-order valence-corrected chi connectivity index (χ2v) is 7.61. The van der Waals surface area contributed by atoms with E-state index >= 15 is 0 Å². The number of hydrogen-bond acceptors (Lipinski definition) is 3. The van der Waals surface area contributed by atoms with E-state index in [-0.39, 0.29) is 5.54 Å². The minimum Gasteiger partial charge on any atom is -0.490 e. The summed E-state index contributed by atoms with van der Waals surface area (Å²) in [4.78, 5) is 0. The summed E-state index contributed by atoms with van der Waals surface area (Å²) in [6, 6.07) is 11.4. The molecule has 0 unspecified atom stereocenters. The Morgan fingerprint density at radius 2 is 1.62 bits per heavy atom. The van der Waals surface area contributed by atoms with Crippen molar-refractivity contribution in [1.29, 1.82) is 0 Å². The third kappa shape index (κ3) is 5.80. The number of halogens is 2. The Bertz CT molecular complexity index is 732. The predicted molar refractivity (Wildman–Crippen MR) is 110 cm³/mol. The van der Waals surface area contributed by atoms with E-state index in [0.717, 1.165) is 17.5 Å². The van der Waals surface area contributed by atoms with E-state index in [1.54, 1.807) is 0 Å². The van der Waals surface area contributed by atoms with Crippen molar-refractivity contribution >= 4 is 23.2 Å². The van der Waals surface area contributed by atoms with E-state index in [1.807, 2.05) is 43.3 Å². The fourth-order valence-corrected chi connectivity index (χ4v) is 2.74. The van der Waals surface area contributed by atoms with Crippen LogP contribution >= 0.6 is 23.2 Å². The van der Waals surface area contributed by atoms with Gasteiger partial charge in [0.2, 0.25) is 0 Å². The van der Waals surface area contributed by atoms with Gasteiger partial charge in [0.15, 0.2) is 11.5 Å². The molecule has 0 aliphatic heterocycles. The lowest BCUT2D eigenvalue weighted by molar-refractivity contribution is 0.269. The lowest BCUT2D eigenvalue weighted by Gasteiger charge is -2.25. The van der Waals surface area contributed by atoms with Crippen LogP contribution in [-0.2, 0) is 13.2 Å². The monoisotopic (exact) mass is 395 g/mol. The molecule has 0 fully saturated rings. The molecule has 0 radical (unpaired) electrons. The van der Waals surface area contributed by atoms with Crippen molar-refractivity contribution in [3.8, 4) is 11.5 Å². The molecule has 0 atom stereocenters. The molecular formula is C21H27Cl2NO2. The number of nitrogens with one attached hydrogen (secondary N) is 1. The largest absolute Gasteiger partial charge is 0.490 e. The van der Waals surface area contributed by atoms with Crippen LogP contribution in [0.5, 0.6) is 11.5 Å². The summed E-state index contributed by atoms with van der Waals surface area (Å²) < 4.78 is 11.7. The van der Waals surface area contributed by atoms with E-state index < -0.39 is 0 Å². The maximum absolute atomic E-state index is 6.48. The molecule has 0 heterocycles. The molecule has 0 saturated carbocycles. The molecule has 0 aliphatic carbocycles. The van der Waals surface area contributed by atoms with Crippen molar-refractivity contribution < 1.29 is 9.47 Å². The Morgan fingerprint density at radius 3 is 2.27 bits per heavy atom. The lowest BCUT2D eigenvalue weighted by Crippen LogP contribution is -2.37. The zero-order valence-corrected chi connectivity index (χ0v) is 17.4. The molecule has 0 bridgehead atoms. The summed E-state index contributed by atoms with van der Waals surface area (Å²) >= 11 is 12.7. The maximum Gasteiger partial charge on any atom is 0.163 e. The predicted octanol–water partition coefficient (Wildman–Crippen LogP) is 6.25. The van der Waals surface area contributed by atoms with Crippen molar-refractivity contribution in [2.45, 2.75) is 52.8 Å². The minimum atomic E-state index is 0.0499. The highest BCUT2D eigenvalue weighted by Gasteiger charge is 2.17. The highest BCUT2D eigenvalue weighted by Crippen LogP contribution is 2.35. The normalized spacial score (nSPS) is 11.5. The molecule has 2 rings (SSSR count). The number of benzene rings is 2. The van der Waals surface area contributed by atoms with Crippen LogP contribution in [-0.4, -0.2) is 12.1 Å². The first-order chi connectivity index (χ1) is 12.4. The van der Waals surface area contributed by atoms with Crippen LogP contribution < -0.4 is 14.8 Å². The van der Waals surface area contributed by atoms with Gasteiger partial charge in [-0.25, -0.2) is 0 Å². The van der Waals surface area contributed by atoms with Crippen LogP contribution in [0.3, 0.4) is 0 Å². The number of rotatable bonds is 9. The second-order valence-electron chi connectivity index (χ2n) is 6.79. The molecule has 142 valence electrons. The maximum atomic E-state index is 6.48. The third-order valence-electron chi connectivity index (χ3n) is 4.39. The van der Waals surface area contributed by atoms with Crippen LogP contribution in [0.4, 0.5) is 0 Å². The molecule has 26 heavy (non-hydrogen) atoms. The highest BCUT2D eigenvalue weighted by molar-refractivity contribution is 6.31. The quantitative estimate of drug-likeness (QED) is 0.544. The summed E-state index contributed by atoms with van der Waals surface area (Å²) in [6.07, 6.45) is 1.03. The van der Waals surface area contributed by atoms with E-state index in [4.69, 9.17) is 32.7 Å². The fraction of sp³-hybridized carbons (Fsp3) is 0.429. The smallest absolute Gasteiger partial charge is 0.163 e. The molecule has 2 aromatic rings. The summed E-state index contributed by atoms with van der Waals surface area (Å²) in [5, 5.41) is 4.86. The van der Waals surface area contributed by atoms with E-state index in [1.165, 1.54) is 0 Å². The summed E-state index contributed by atoms with van der Waals surface area (Å²) in [6.45, 7) is 10.0. The Balaban J connectivity index is 2.18. The van der Waals surface area contributed by atoms with Crippen LogP contribution in [0, 0.1) is 0 Å². The summed E-state index contributed by atoms with van der Waals surface area (Å²) in [5.74, 6) is 1.31. The Labute approximate surface area is 166 Å². The Kier molecular flexibility index (Phi) is 7.63. The van der Waals surface area contributed by atoms with Gasteiger partial charge in [-0.2, -0.15) is 0 Å². The second kappa shape index (κ2) is 9.50. The van der Waals surface area contributed by atoms with Crippen molar-refractivity contribution in [1.82, 2.24) is 5.32 Å². The van der Waals surface area contributed by atoms with Crippen LogP contribution in [0.1, 0.15) is 45.2 Å². The summed E-state index contributed by atoms with van der Waals surface area (Å²) in [7, 11) is 0. The first-order valence-electron chi connectivity index (χ1n) is 8.92. The van der Waals surface area contributed by atoms with Crippen molar-refractivity contribution in [2.75, 3.05) is 6.61 Å². The topological polar surface area (TPSA) is 30.5 Å². The first-order valence-corrected chi connectivity index (χ1v) is 9.68. The average Bonchev–Trinajstić information content (AvgIpc) is 2.62. The van der Waals surface area contributed by atoms with Gasteiger partial charge in [0.25, 0.3) is 0 Å². The molecule has 0 aromatic heterocycles. The zero-order valence-electron chi connectivity index (χ0n) is 15.9. The van der Waals surface area contributed by atoms with Crippen molar-refractivity contribution in [3.63, 3.8) is 0 Å². The molecule has 3 nitrogen and oxygen atoms in total. The molecule has 0 amide bonds. The van der Waals surface area contributed by atoms with Gasteiger partial charge in [-0.3, -0.25) is 0 Å². The first kappa shape index (κ1) is 20.9. The minimum absolute atomic E-state index is 0.0499. The Morgan fingerprint density at radius 1 is 0.923 bits per heavy atom. The van der Waals surface area contributed by atoms with E-state index in [0.29, 0.717) is 41.3 Å². The number of ether oxygens (including phenoxy) is 2. The van der Waals surface area contributed by atoms with Crippen molar-refractivity contribution in [2.24, 2.45) is 0 Å². The Hall–Kier alpha value is -1.42. The zero-order chi connectivity index (χ0) is 19.2. The van der Waals surface area contributed by atoms with Gasteiger partial charge in [-0.1, -0.05) is 48.3 Å². The lowest BCUT2D eigenvalue weighted by atomic mass is 10.0. The molecular weight excluding hydrogens is 369 g/mol. The van der Waals surface area contributed by atoms with E-state index in [9.17, 15) is 0 Å². The summed E-state index contributed by atoms with van der Waals surface area (Å²) in [5.41, 5.74) is 1.96.